The van der Waals surface area contributed by atoms with Crippen LogP contribution in [0.4, 0.5) is 10.2 Å². The van der Waals surface area contributed by atoms with Crippen molar-refractivity contribution in [2.45, 2.75) is 26.8 Å². The number of anilines is 1. The molecule has 0 unspecified atom stereocenters. The highest BCUT2D eigenvalue weighted by Crippen LogP contribution is 2.26. The molecule has 0 amide bonds. The topological polar surface area (TPSA) is 101 Å². The monoisotopic (exact) mass is 429 g/mol. The van der Waals surface area contributed by atoms with E-state index in [0.717, 1.165) is 11.1 Å². The molecule has 5 aromatic rings. The molecule has 8 nitrogen and oxygen atoms in total. The van der Waals surface area contributed by atoms with Gasteiger partial charge in [-0.3, -0.25) is 9.36 Å². The molecular formula is C23H20FN7O. The molecule has 32 heavy (non-hydrogen) atoms. The molecule has 0 aliphatic rings. The van der Waals surface area contributed by atoms with E-state index in [9.17, 15) is 9.18 Å². The van der Waals surface area contributed by atoms with Crippen LogP contribution in [0.3, 0.4) is 0 Å². The van der Waals surface area contributed by atoms with E-state index < -0.39 is 17.4 Å². The van der Waals surface area contributed by atoms with Crippen LogP contribution < -0.4 is 10.9 Å². The molecule has 0 aliphatic carbocycles. The first-order valence-corrected chi connectivity index (χ1v) is 10.1. The fraction of sp³-hybridized carbons (Fsp3) is 0.174. The number of aromatic nitrogens is 6. The van der Waals surface area contributed by atoms with Crippen molar-refractivity contribution in [2.24, 2.45) is 0 Å². The molecule has 0 spiro atoms. The third-order valence-electron chi connectivity index (χ3n) is 5.65. The maximum Gasteiger partial charge on any atom is 0.269 e. The number of rotatable bonds is 4. The lowest BCUT2D eigenvalue weighted by molar-refractivity contribution is 0.635. The van der Waals surface area contributed by atoms with Crippen LogP contribution in [0.25, 0.3) is 27.8 Å². The molecule has 2 N–H and O–H groups in total. The molecule has 0 radical (unpaired) electrons. The van der Waals surface area contributed by atoms with Crippen molar-refractivity contribution >= 4 is 27.9 Å². The number of fused-ring (bicyclic) bond motifs is 2. The average molecular weight is 429 g/mol. The molecular weight excluding hydrogens is 409 g/mol. The largest absolute Gasteiger partial charge is 0.358 e. The van der Waals surface area contributed by atoms with E-state index >= 15 is 0 Å². The third-order valence-corrected chi connectivity index (χ3v) is 5.65. The molecule has 3 heterocycles. The second kappa shape index (κ2) is 7.52. The molecule has 0 saturated heterocycles. The summed E-state index contributed by atoms with van der Waals surface area (Å²) in [4.78, 5) is 33.9. The van der Waals surface area contributed by atoms with Gasteiger partial charge in [-0.2, -0.15) is 0 Å². The predicted molar refractivity (Wildman–Crippen MR) is 120 cm³/mol. The van der Waals surface area contributed by atoms with Crippen LogP contribution in [-0.2, 0) is 0 Å². The van der Waals surface area contributed by atoms with Crippen LogP contribution in [0, 0.1) is 19.7 Å². The van der Waals surface area contributed by atoms with Gasteiger partial charge in [-0.25, -0.2) is 24.3 Å². The number of hydrogen-bond acceptors (Lipinski definition) is 6. The zero-order chi connectivity index (χ0) is 22.4. The van der Waals surface area contributed by atoms with Gasteiger partial charge in [-0.05, 0) is 50.1 Å². The summed E-state index contributed by atoms with van der Waals surface area (Å²) in [6.07, 6.45) is 2.97. The quantitative estimate of drug-likeness (QED) is 0.448. The molecule has 9 heteroatoms. The Morgan fingerprint density at radius 3 is 2.75 bits per heavy atom. The second-order valence-electron chi connectivity index (χ2n) is 7.65. The molecule has 0 fully saturated rings. The van der Waals surface area contributed by atoms with Crippen LogP contribution in [0.1, 0.15) is 29.9 Å². The number of halogens is 1. The molecule has 1 atom stereocenters. The fourth-order valence-corrected chi connectivity index (χ4v) is 3.85. The van der Waals surface area contributed by atoms with Gasteiger partial charge in [-0.1, -0.05) is 18.2 Å². The average Bonchev–Trinajstić information content (AvgIpc) is 3.26. The Morgan fingerprint density at radius 1 is 1.09 bits per heavy atom. The Kier molecular flexibility index (Phi) is 4.66. The van der Waals surface area contributed by atoms with Gasteiger partial charge < -0.3 is 10.3 Å². The summed E-state index contributed by atoms with van der Waals surface area (Å²) >= 11 is 0. The van der Waals surface area contributed by atoms with Crippen LogP contribution >= 0.6 is 0 Å². The molecule has 160 valence electrons. The number of hydrogen-bond donors (Lipinski definition) is 2. The lowest BCUT2D eigenvalue weighted by atomic mass is 10.1. The first-order chi connectivity index (χ1) is 15.5. The van der Waals surface area contributed by atoms with Crippen LogP contribution in [0.5, 0.6) is 0 Å². The maximum atomic E-state index is 14.6. The number of nitrogens with one attached hydrogen (secondary N) is 2. The van der Waals surface area contributed by atoms with Gasteiger partial charge in [0, 0.05) is 0 Å². The van der Waals surface area contributed by atoms with Crippen molar-refractivity contribution in [3.8, 4) is 5.69 Å². The summed E-state index contributed by atoms with van der Waals surface area (Å²) < 4.78 is 16.1. The van der Waals surface area contributed by atoms with Crippen molar-refractivity contribution < 1.29 is 4.39 Å². The molecule has 0 saturated carbocycles. The molecule has 0 aliphatic heterocycles. The summed E-state index contributed by atoms with van der Waals surface area (Å²) in [7, 11) is 0. The number of aryl methyl sites for hydroxylation is 1. The van der Waals surface area contributed by atoms with Gasteiger partial charge in [0.2, 0.25) is 0 Å². The first-order valence-electron chi connectivity index (χ1n) is 10.1. The van der Waals surface area contributed by atoms with E-state index in [1.807, 2.05) is 39.0 Å². The molecule has 5 rings (SSSR count). The number of H-pyrrole nitrogens is 1. The molecule has 2 aromatic carbocycles. The lowest BCUT2D eigenvalue weighted by Crippen LogP contribution is -2.28. The van der Waals surface area contributed by atoms with Gasteiger partial charge in [-0.15, -0.1) is 0 Å². The van der Waals surface area contributed by atoms with Crippen molar-refractivity contribution in [1.29, 1.82) is 0 Å². The third kappa shape index (κ3) is 3.09. The minimum atomic E-state index is -0.597. The smallest absolute Gasteiger partial charge is 0.269 e. The summed E-state index contributed by atoms with van der Waals surface area (Å²) in [6.45, 7) is 5.77. The zero-order valence-electron chi connectivity index (χ0n) is 17.7. The van der Waals surface area contributed by atoms with Crippen molar-refractivity contribution in [3.63, 3.8) is 0 Å². The number of aromatic amines is 1. The van der Waals surface area contributed by atoms with Crippen molar-refractivity contribution in [1.82, 2.24) is 29.5 Å². The summed E-state index contributed by atoms with van der Waals surface area (Å²) in [5.41, 5.74) is 3.60. The lowest BCUT2D eigenvalue weighted by Gasteiger charge is -2.21. The highest BCUT2D eigenvalue weighted by molar-refractivity contribution is 5.82. The van der Waals surface area contributed by atoms with E-state index in [0.29, 0.717) is 34.0 Å². The SMILES string of the molecule is Cc1cccc(-n2c([C@@H](C)Nc3ncnc4[nH]cnc34)nc3cccc(F)c3c2=O)c1C. The van der Waals surface area contributed by atoms with Gasteiger partial charge in [0.05, 0.1) is 23.6 Å². The van der Waals surface area contributed by atoms with Gasteiger partial charge in [0.25, 0.3) is 5.56 Å². The Morgan fingerprint density at radius 2 is 1.91 bits per heavy atom. The minimum Gasteiger partial charge on any atom is -0.358 e. The fourth-order valence-electron chi connectivity index (χ4n) is 3.85. The van der Waals surface area contributed by atoms with E-state index in [1.54, 1.807) is 12.1 Å². The Balaban J connectivity index is 1.75. The zero-order valence-corrected chi connectivity index (χ0v) is 17.7. The van der Waals surface area contributed by atoms with Crippen molar-refractivity contribution in [3.05, 3.63) is 82.2 Å². The van der Waals surface area contributed by atoms with Crippen molar-refractivity contribution in [2.75, 3.05) is 5.32 Å². The highest BCUT2D eigenvalue weighted by Gasteiger charge is 2.22. The summed E-state index contributed by atoms with van der Waals surface area (Å²) in [6, 6.07) is 9.68. The van der Waals surface area contributed by atoms with Gasteiger partial charge in [0.15, 0.2) is 11.5 Å². The van der Waals surface area contributed by atoms with Crippen LogP contribution in [0.15, 0.2) is 53.8 Å². The Labute approximate surface area is 182 Å². The van der Waals surface area contributed by atoms with E-state index in [2.05, 4.69) is 25.3 Å². The first kappa shape index (κ1) is 19.8. The maximum absolute atomic E-state index is 14.6. The second-order valence-corrected chi connectivity index (χ2v) is 7.65. The van der Waals surface area contributed by atoms with E-state index in [1.165, 1.54) is 23.3 Å². The number of benzene rings is 2. The number of imidazole rings is 1. The van der Waals surface area contributed by atoms with Crippen LogP contribution in [0.2, 0.25) is 0 Å². The van der Waals surface area contributed by atoms with E-state index in [4.69, 9.17) is 4.98 Å². The summed E-state index contributed by atoms with van der Waals surface area (Å²) in [5, 5.41) is 3.25. The standard InChI is InChI=1S/C23H20FN7O/c1-12-6-4-9-17(13(12)2)31-22(30-16-8-5-7-15(24)18(16)23(31)32)14(3)29-21-19-20(26-10-25-19)27-11-28-21/h4-11,14H,1-3H3,(H2,25,26,27,28,29)/t14-/m1/s1. The molecule has 3 aromatic heterocycles. The summed E-state index contributed by atoms with van der Waals surface area (Å²) in [5.74, 6) is 0.342. The van der Waals surface area contributed by atoms with Crippen LogP contribution in [-0.4, -0.2) is 29.5 Å². The van der Waals surface area contributed by atoms with E-state index in [-0.39, 0.29) is 5.39 Å². The highest BCUT2D eigenvalue weighted by atomic mass is 19.1. The Bertz CT molecular complexity index is 1540. The van der Waals surface area contributed by atoms with Gasteiger partial charge >= 0.3 is 0 Å². The molecule has 0 bridgehead atoms. The number of nitrogens with zero attached hydrogens (tertiary/aromatic N) is 5. The minimum absolute atomic E-state index is 0.0407. The normalized spacial score (nSPS) is 12.4. The predicted octanol–water partition coefficient (Wildman–Crippen LogP) is 3.98. The van der Waals surface area contributed by atoms with Gasteiger partial charge in [0.1, 0.15) is 28.9 Å². The Hall–Kier alpha value is -4.14.